The van der Waals surface area contributed by atoms with Gasteiger partial charge in [-0.05, 0) is 42.3 Å². The van der Waals surface area contributed by atoms with Crippen molar-refractivity contribution >= 4 is 35.1 Å². The Labute approximate surface area is 191 Å². The third-order valence-corrected chi connectivity index (χ3v) is 5.97. The Hall–Kier alpha value is -3.26. The van der Waals surface area contributed by atoms with Crippen LogP contribution in [0.3, 0.4) is 0 Å². The molecular formula is C23H25ClN4O4. The van der Waals surface area contributed by atoms with Gasteiger partial charge in [-0.25, -0.2) is 4.79 Å². The standard InChI is InChI=1S/C23H25ClN4O4/c1-3-8-25-23(31)27-9-10-28-19(13-27)21(29)26-18-6-4-14(11-17(18)22(28)30)16-12-15(24)5-7-20(16)32-2/h4-7,11-12,19H,3,8-10,13H2,1-2H3,(H,25,31)(H,26,29). The van der Waals surface area contributed by atoms with Gasteiger partial charge in [0.05, 0.1) is 24.9 Å². The molecule has 2 aliphatic rings. The Bertz CT molecular complexity index is 1070. The molecule has 8 nitrogen and oxygen atoms in total. The van der Waals surface area contributed by atoms with Crippen LogP contribution in [0.1, 0.15) is 23.7 Å². The molecule has 4 amide bonds. The Kier molecular flexibility index (Phi) is 6.23. The maximum Gasteiger partial charge on any atom is 0.317 e. The van der Waals surface area contributed by atoms with Crippen LogP contribution < -0.4 is 15.4 Å². The van der Waals surface area contributed by atoms with Gasteiger partial charge in [0.2, 0.25) is 5.91 Å². The van der Waals surface area contributed by atoms with Crippen LogP contribution in [0.5, 0.6) is 5.75 Å². The third kappa shape index (κ3) is 4.10. The molecule has 168 valence electrons. The molecule has 1 fully saturated rings. The van der Waals surface area contributed by atoms with Crippen LogP contribution in [0.4, 0.5) is 10.5 Å². The fourth-order valence-corrected chi connectivity index (χ4v) is 4.22. The maximum atomic E-state index is 13.4. The van der Waals surface area contributed by atoms with Gasteiger partial charge in [-0.2, -0.15) is 0 Å². The lowest BCUT2D eigenvalue weighted by Gasteiger charge is -2.39. The van der Waals surface area contributed by atoms with Crippen LogP contribution in [0.25, 0.3) is 11.1 Å². The number of ether oxygens (including phenoxy) is 1. The number of carbonyl (C=O) groups is 3. The predicted molar refractivity (Wildman–Crippen MR) is 122 cm³/mol. The summed E-state index contributed by atoms with van der Waals surface area (Å²) in [5.41, 5.74) is 2.34. The van der Waals surface area contributed by atoms with Crippen molar-refractivity contribution in [2.45, 2.75) is 19.4 Å². The van der Waals surface area contributed by atoms with Crippen molar-refractivity contribution in [3.05, 3.63) is 47.0 Å². The first-order valence-electron chi connectivity index (χ1n) is 10.6. The second-order valence-corrected chi connectivity index (χ2v) is 8.22. The van der Waals surface area contributed by atoms with E-state index in [2.05, 4.69) is 10.6 Å². The van der Waals surface area contributed by atoms with E-state index in [4.69, 9.17) is 16.3 Å². The van der Waals surface area contributed by atoms with E-state index in [1.54, 1.807) is 47.2 Å². The summed E-state index contributed by atoms with van der Waals surface area (Å²) in [7, 11) is 1.57. The third-order valence-electron chi connectivity index (χ3n) is 5.74. The van der Waals surface area contributed by atoms with Crippen molar-refractivity contribution in [1.82, 2.24) is 15.1 Å². The molecule has 32 heavy (non-hydrogen) atoms. The predicted octanol–water partition coefficient (Wildman–Crippen LogP) is 3.21. The Balaban J connectivity index is 1.64. The topological polar surface area (TPSA) is 91.0 Å². The smallest absolute Gasteiger partial charge is 0.317 e. The highest BCUT2D eigenvalue weighted by molar-refractivity contribution is 6.31. The first-order chi connectivity index (χ1) is 15.4. The molecule has 4 rings (SSSR count). The van der Waals surface area contributed by atoms with Crippen LogP contribution in [0.2, 0.25) is 5.02 Å². The summed E-state index contributed by atoms with van der Waals surface area (Å²) in [5.74, 6) is 0.0713. The van der Waals surface area contributed by atoms with Gasteiger partial charge in [0.15, 0.2) is 0 Å². The minimum atomic E-state index is -0.750. The number of urea groups is 1. The van der Waals surface area contributed by atoms with Crippen molar-refractivity contribution in [3.63, 3.8) is 0 Å². The first kappa shape index (κ1) is 22.0. The fraction of sp³-hybridized carbons (Fsp3) is 0.348. The molecule has 1 saturated heterocycles. The van der Waals surface area contributed by atoms with Gasteiger partial charge in [0.25, 0.3) is 5.91 Å². The summed E-state index contributed by atoms with van der Waals surface area (Å²) in [6.45, 7) is 3.33. The molecule has 0 aliphatic carbocycles. The van der Waals surface area contributed by atoms with E-state index in [-0.39, 0.29) is 30.9 Å². The van der Waals surface area contributed by atoms with Crippen LogP contribution in [-0.2, 0) is 4.79 Å². The molecule has 2 N–H and O–H groups in total. The number of rotatable bonds is 4. The molecule has 2 aromatic rings. The average Bonchev–Trinajstić information content (AvgIpc) is 2.91. The lowest BCUT2D eigenvalue weighted by molar-refractivity contribution is -0.121. The van der Waals surface area contributed by atoms with Gasteiger partial charge in [-0.1, -0.05) is 24.6 Å². The quantitative estimate of drug-likeness (QED) is 0.739. The number of nitrogens with zero attached hydrogens (tertiary/aromatic N) is 2. The molecule has 2 aromatic carbocycles. The number of hydrogen-bond donors (Lipinski definition) is 2. The van der Waals surface area contributed by atoms with E-state index in [1.165, 1.54) is 0 Å². The number of nitrogens with one attached hydrogen (secondary N) is 2. The number of anilines is 1. The molecule has 9 heteroatoms. The monoisotopic (exact) mass is 456 g/mol. The van der Waals surface area contributed by atoms with Crippen molar-refractivity contribution < 1.29 is 19.1 Å². The summed E-state index contributed by atoms with van der Waals surface area (Å²) in [6.07, 6.45) is 0.823. The number of fused-ring (bicyclic) bond motifs is 2. The molecule has 2 aliphatic heterocycles. The Morgan fingerprint density at radius 2 is 2.00 bits per heavy atom. The van der Waals surface area contributed by atoms with Gasteiger partial charge < -0.3 is 25.2 Å². The minimum absolute atomic E-state index is 0.149. The van der Waals surface area contributed by atoms with Gasteiger partial charge in [0.1, 0.15) is 11.8 Å². The number of piperazine rings is 1. The van der Waals surface area contributed by atoms with Crippen molar-refractivity contribution in [2.75, 3.05) is 38.6 Å². The number of benzene rings is 2. The van der Waals surface area contributed by atoms with E-state index in [1.807, 2.05) is 13.0 Å². The van der Waals surface area contributed by atoms with Gasteiger partial charge >= 0.3 is 6.03 Å². The molecule has 1 atom stereocenters. The maximum absolute atomic E-state index is 13.4. The van der Waals surface area contributed by atoms with Gasteiger partial charge in [-0.3, -0.25) is 9.59 Å². The molecule has 2 heterocycles. The fourth-order valence-electron chi connectivity index (χ4n) is 4.05. The van der Waals surface area contributed by atoms with Crippen LogP contribution >= 0.6 is 11.6 Å². The van der Waals surface area contributed by atoms with Crippen molar-refractivity contribution in [2.24, 2.45) is 0 Å². The number of amides is 4. The van der Waals surface area contributed by atoms with Gasteiger partial charge in [-0.15, -0.1) is 0 Å². The highest BCUT2D eigenvalue weighted by Gasteiger charge is 2.40. The number of halogens is 1. The zero-order chi connectivity index (χ0) is 22.8. The normalized spacial score (nSPS) is 17.8. The summed E-state index contributed by atoms with van der Waals surface area (Å²) in [4.78, 5) is 41.9. The largest absolute Gasteiger partial charge is 0.496 e. The van der Waals surface area contributed by atoms with E-state index in [0.29, 0.717) is 35.1 Å². The lowest BCUT2D eigenvalue weighted by Crippen LogP contribution is -2.60. The van der Waals surface area contributed by atoms with Crippen molar-refractivity contribution in [1.29, 1.82) is 0 Å². The first-order valence-corrected chi connectivity index (χ1v) is 10.9. The lowest BCUT2D eigenvalue weighted by atomic mass is 10.00. The van der Waals surface area contributed by atoms with E-state index in [0.717, 1.165) is 17.5 Å². The zero-order valence-electron chi connectivity index (χ0n) is 18.0. The second-order valence-electron chi connectivity index (χ2n) is 7.79. The molecule has 0 radical (unpaired) electrons. The number of hydrogen-bond acceptors (Lipinski definition) is 4. The zero-order valence-corrected chi connectivity index (χ0v) is 18.7. The molecule has 0 spiro atoms. The number of carbonyl (C=O) groups excluding carboxylic acids is 3. The summed E-state index contributed by atoms with van der Waals surface area (Å²) in [5, 5.41) is 6.23. The Morgan fingerprint density at radius 3 is 2.75 bits per heavy atom. The summed E-state index contributed by atoms with van der Waals surface area (Å²) < 4.78 is 5.45. The summed E-state index contributed by atoms with van der Waals surface area (Å²) in [6, 6.07) is 9.59. The Morgan fingerprint density at radius 1 is 1.19 bits per heavy atom. The SMILES string of the molecule is CCCNC(=O)N1CCN2C(=O)c3cc(-c4cc(Cl)ccc4OC)ccc3NC(=O)C2C1. The molecular weight excluding hydrogens is 432 g/mol. The van der Waals surface area contributed by atoms with E-state index in [9.17, 15) is 14.4 Å². The van der Waals surface area contributed by atoms with Crippen molar-refractivity contribution in [3.8, 4) is 16.9 Å². The summed E-state index contributed by atoms with van der Waals surface area (Å²) >= 11 is 6.18. The molecule has 0 saturated carbocycles. The molecule has 1 unspecified atom stereocenters. The molecule has 0 bridgehead atoms. The highest BCUT2D eigenvalue weighted by Crippen LogP contribution is 2.36. The molecule has 0 aromatic heterocycles. The highest BCUT2D eigenvalue weighted by atomic mass is 35.5. The van der Waals surface area contributed by atoms with Crippen LogP contribution in [0, 0.1) is 0 Å². The van der Waals surface area contributed by atoms with Crippen LogP contribution in [-0.4, -0.2) is 67.0 Å². The van der Waals surface area contributed by atoms with Crippen LogP contribution in [0.15, 0.2) is 36.4 Å². The minimum Gasteiger partial charge on any atom is -0.496 e. The average molecular weight is 457 g/mol. The number of methoxy groups -OCH3 is 1. The van der Waals surface area contributed by atoms with Gasteiger partial charge in [0, 0.05) is 30.2 Å². The van der Waals surface area contributed by atoms with E-state index < -0.39 is 6.04 Å². The van der Waals surface area contributed by atoms with E-state index >= 15 is 0 Å². The second kappa shape index (κ2) is 9.08.